The molecule has 1 aliphatic heterocycles. The number of fused-ring (bicyclic) bond motifs is 1. The topological polar surface area (TPSA) is 44.5 Å². The van der Waals surface area contributed by atoms with Crippen molar-refractivity contribution < 1.29 is 9.47 Å². The van der Waals surface area contributed by atoms with Crippen LogP contribution in [0.4, 0.5) is 0 Å². The largest absolute Gasteiger partial charge is 0.486 e. The summed E-state index contributed by atoms with van der Waals surface area (Å²) in [6.45, 7) is 3.22. The van der Waals surface area contributed by atoms with E-state index in [0.29, 0.717) is 24.0 Å². The van der Waals surface area contributed by atoms with E-state index in [2.05, 4.69) is 6.92 Å². The number of hydrogen-bond donors (Lipinski definition) is 1. The summed E-state index contributed by atoms with van der Waals surface area (Å²) < 4.78 is 11.2. The fourth-order valence-corrected chi connectivity index (χ4v) is 2.76. The average molecular weight is 254 g/mol. The zero-order chi connectivity index (χ0) is 12.0. The van der Waals surface area contributed by atoms with Gasteiger partial charge in [0.15, 0.2) is 11.5 Å². The van der Waals surface area contributed by atoms with E-state index in [1.807, 2.05) is 6.07 Å². The van der Waals surface area contributed by atoms with Gasteiger partial charge in [0.25, 0.3) is 0 Å². The highest BCUT2D eigenvalue weighted by Gasteiger charge is 2.43. The molecule has 0 spiro atoms. The molecule has 4 heteroatoms. The minimum Gasteiger partial charge on any atom is -0.486 e. The monoisotopic (exact) mass is 253 g/mol. The van der Waals surface area contributed by atoms with E-state index >= 15 is 0 Å². The van der Waals surface area contributed by atoms with Crippen LogP contribution in [0.1, 0.15) is 30.9 Å². The minimum atomic E-state index is -0.190. The highest BCUT2D eigenvalue weighted by atomic mass is 35.5. The molecule has 1 heterocycles. The molecule has 0 bridgehead atoms. The van der Waals surface area contributed by atoms with Crippen LogP contribution in [-0.4, -0.2) is 13.2 Å². The standard InChI is InChI=1S/C13H16ClNO2/c1-2-8-9(13(15)3-4-13)7-10-12(11(8)14)17-6-5-16-10/h7H,2-6,15H2,1H3. The summed E-state index contributed by atoms with van der Waals surface area (Å²) in [5.41, 5.74) is 8.34. The number of ether oxygens (including phenoxy) is 2. The maximum atomic E-state index is 6.41. The van der Waals surface area contributed by atoms with E-state index in [1.165, 1.54) is 0 Å². The molecule has 2 aliphatic rings. The Labute approximate surface area is 106 Å². The Morgan fingerprint density at radius 2 is 2.06 bits per heavy atom. The summed E-state index contributed by atoms with van der Waals surface area (Å²) in [5.74, 6) is 1.42. The quantitative estimate of drug-likeness (QED) is 0.881. The Bertz CT molecular complexity index is 469. The van der Waals surface area contributed by atoms with Crippen molar-refractivity contribution in [3.8, 4) is 11.5 Å². The lowest BCUT2D eigenvalue weighted by Crippen LogP contribution is -2.23. The van der Waals surface area contributed by atoms with Gasteiger partial charge in [-0.2, -0.15) is 0 Å². The second-order valence-electron chi connectivity index (χ2n) is 4.75. The van der Waals surface area contributed by atoms with Gasteiger partial charge in [-0.3, -0.25) is 0 Å². The normalized spacial score (nSPS) is 20.2. The highest BCUT2D eigenvalue weighted by molar-refractivity contribution is 6.33. The van der Waals surface area contributed by atoms with Gasteiger partial charge in [0, 0.05) is 5.54 Å². The fraction of sp³-hybridized carbons (Fsp3) is 0.538. The zero-order valence-corrected chi connectivity index (χ0v) is 10.6. The molecular weight excluding hydrogens is 238 g/mol. The van der Waals surface area contributed by atoms with Gasteiger partial charge in [-0.05, 0) is 36.5 Å². The lowest BCUT2D eigenvalue weighted by molar-refractivity contribution is 0.171. The third-order valence-electron chi connectivity index (χ3n) is 3.55. The lowest BCUT2D eigenvalue weighted by Gasteiger charge is -2.24. The molecule has 0 unspecified atom stereocenters. The molecule has 1 aromatic carbocycles. The van der Waals surface area contributed by atoms with Crippen LogP contribution in [0, 0.1) is 0 Å². The fourth-order valence-electron chi connectivity index (χ4n) is 2.38. The molecule has 1 aliphatic carbocycles. The maximum Gasteiger partial charge on any atom is 0.180 e. The van der Waals surface area contributed by atoms with Crippen LogP contribution in [-0.2, 0) is 12.0 Å². The smallest absolute Gasteiger partial charge is 0.180 e. The lowest BCUT2D eigenvalue weighted by atomic mass is 9.96. The minimum absolute atomic E-state index is 0.190. The maximum absolute atomic E-state index is 6.41. The molecule has 0 radical (unpaired) electrons. The molecule has 1 fully saturated rings. The number of benzene rings is 1. The first-order valence-electron chi connectivity index (χ1n) is 6.06. The van der Waals surface area contributed by atoms with E-state index < -0.39 is 0 Å². The first kappa shape index (κ1) is 11.2. The van der Waals surface area contributed by atoms with Gasteiger partial charge in [0.1, 0.15) is 13.2 Å². The van der Waals surface area contributed by atoms with Gasteiger partial charge in [-0.1, -0.05) is 18.5 Å². The van der Waals surface area contributed by atoms with Crippen molar-refractivity contribution >= 4 is 11.6 Å². The van der Waals surface area contributed by atoms with Gasteiger partial charge in [0.05, 0.1) is 5.02 Å². The van der Waals surface area contributed by atoms with Crippen LogP contribution < -0.4 is 15.2 Å². The predicted octanol–water partition coefficient (Wildman–Crippen LogP) is 2.62. The predicted molar refractivity (Wildman–Crippen MR) is 66.9 cm³/mol. The third-order valence-corrected chi connectivity index (χ3v) is 3.95. The first-order chi connectivity index (χ1) is 8.15. The molecule has 92 valence electrons. The van der Waals surface area contributed by atoms with Gasteiger partial charge < -0.3 is 15.2 Å². The van der Waals surface area contributed by atoms with Crippen molar-refractivity contribution in [3.05, 3.63) is 22.2 Å². The van der Waals surface area contributed by atoms with E-state index in [0.717, 1.165) is 36.1 Å². The molecule has 3 nitrogen and oxygen atoms in total. The Morgan fingerprint density at radius 3 is 2.71 bits per heavy atom. The van der Waals surface area contributed by atoms with Gasteiger partial charge in [0.2, 0.25) is 0 Å². The van der Waals surface area contributed by atoms with Gasteiger partial charge in [-0.25, -0.2) is 0 Å². The molecule has 1 aromatic rings. The second-order valence-corrected chi connectivity index (χ2v) is 5.13. The van der Waals surface area contributed by atoms with Crippen LogP contribution in [0.3, 0.4) is 0 Å². The summed E-state index contributed by atoms with van der Waals surface area (Å²) in [7, 11) is 0. The molecular formula is C13H16ClNO2. The molecule has 3 rings (SSSR count). The Balaban J connectivity index is 2.18. The highest BCUT2D eigenvalue weighted by Crippen LogP contribution is 2.50. The van der Waals surface area contributed by atoms with Crippen molar-refractivity contribution in [3.63, 3.8) is 0 Å². The SMILES string of the molecule is CCc1c(C2(N)CC2)cc2c(c1Cl)OCCO2. The number of rotatable bonds is 2. The van der Waals surface area contributed by atoms with E-state index in [-0.39, 0.29) is 5.54 Å². The van der Waals surface area contributed by atoms with Gasteiger partial charge in [-0.15, -0.1) is 0 Å². The molecule has 1 saturated carbocycles. The molecule has 17 heavy (non-hydrogen) atoms. The number of nitrogens with two attached hydrogens (primary N) is 1. The van der Waals surface area contributed by atoms with Crippen LogP contribution in [0.25, 0.3) is 0 Å². The van der Waals surface area contributed by atoms with E-state index in [1.54, 1.807) is 0 Å². The Hall–Kier alpha value is -0.930. The van der Waals surface area contributed by atoms with Gasteiger partial charge >= 0.3 is 0 Å². The van der Waals surface area contributed by atoms with Crippen LogP contribution in [0.2, 0.25) is 5.02 Å². The molecule has 0 amide bonds. The molecule has 0 saturated heterocycles. The van der Waals surface area contributed by atoms with Crippen molar-refractivity contribution in [2.45, 2.75) is 31.7 Å². The molecule has 0 aromatic heterocycles. The van der Waals surface area contributed by atoms with E-state index in [4.69, 9.17) is 26.8 Å². The van der Waals surface area contributed by atoms with E-state index in [9.17, 15) is 0 Å². The summed E-state index contributed by atoms with van der Waals surface area (Å²) >= 11 is 6.41. The van der Waals surface area contributed by atoms with Crippen LogP contribution >= 0.6 is 11.6 Å². The van der Waals surface area contributed by atoms with Crippen molar-refractivity contribution in [2.75, 3.05) is 13.2 Å². The molecule has 0 atom stereocenters. The number of hydrogen-bond acceptors (Lipinski definition) is 3. The Morgan fingerprint density at radius 1 is 1.35 bits per heavy atom. The second kappa shape index (κ2) is 3.79. The zero-order valence-electron chi connectivity index (χ0n) is 9.88. The third kappa shape index (κ3) is 1.69. The van der Waals surface area contributed by atoms with Crippen molar-refractivity contribution in [1.82, 2.24) is 0 Å². The average Bonchev–Trinajstić information content (AvgIpc) is 3.08. The van der Waals surface area contributed by atoms with Crippen molar-refractivity contribution in [1.29, 1.82) is 0 Å². The van der Waals surface area contributed by atoms with Crippen LogP contribution in [0.5, 0.6) is 11.5 Å². The number of halogens is 1. The Kier molecular flexibility index (Phi) is 2.49. The summed E-state index contributed by atoms with van der Waals surface area (Å²) in [5, 5.41) is 0.677. The summed E-state index contributed by atoms with van der Waals surface area (Å²) in [6.07, 6.45) is 2.91. The molecule has 2 N–H and O–H groups in total. The first-order valence-corrected chi connectivity index (χ1v) is 6.44. The van der Waals surface area contributed by atoms with Crippen LogP contribution in [0.15, 0.2) is 6.07 Å². The summed E-state index contributed by atoms with van der Waals surface area (Å²) in [4.78, 5) is 0. The van der Waals surface area contributed by atoms with Crippen molar-refractivity contribution in [2.24, 2.45) is 5.73 Å². The summed E-state index contributed by atoms with van der Waals surface area (Å²) in [6, 6.07) is 2.02.